The second-order valence-corrected chi connectivity index (χ2v) is 11.8. The second kappa shape index (κ2) is 7.60. The number of carbonyl (C=O) groups is 2. The number of hydrogen-bond acceptors (Lipinski definition) is 5. The maximum Gasteiger partial charge on any atom is 0.410 e. The molecule has 8 heteroatoms. The van der Waals surface area contributed by atoms with Crippen LogP contribution in [0.25, 0.3) is 0 Å². The molecule has 2 aliphatic heterocycles. The molecule has 34 heavy (non-hydrogen) atoms. The van der Waals surface area contributed by atoms with Crippen LogP contribution in [0.4, 0.5) is 16.2 Å². The summed E-state index contributed by atoms with van der Waals surface area (Å²) in [5.74, 6) is -0.0464. The number of ether oxygens (including phenoxy) is 1. The van der Waals surface area contributed by atoms with E-state index in [1.165, 1.54) is 0 Å². The number of nitrogens with one attached hydrogen (secondary N) is 1. The number of aromatic nitrogens is 1. The number of anilines is 2. The normalized spacial score (nSPS) is 20.6. The highest BCUT2D eigenvalue weighted by molar-refractivity contribution is 6.31. The lowest BCUT2D eigenvalue weighted by atomic mass is 9.61. The zero-order valence-electron chi connectivity index (χ0n) is 20.3. The summed E-state index contributed by atoms with van der Waals surface area (Å²) in [6, 6.07) is 7.72. The molecule has 2 fully saturated rings. The number of fused-ring (bicyclic) bond motifs is 1. The Bertz CT molecular complexity index is 1160. The second-order valence-electron chi connectivity index (χ2n) is 11.4. The summed E-state index contributed by atoms with van der Waals surface area (Å²) in [5.41, 5.74) is 2.42. The van der Waals surface area contributed by atoms with Gasteiger partial charge in [-0.3, -0.25) is 14.7 Å². The van der Waals surface area contributed by atoms with Gasteiger partial charge in [-0.25, -0.2) is 4.79 Å². The lowest BCUT2D eigenvalue weighted by molar-refractivity contribution is -0.0738. The Morgan fingerprint density at radius 3 is 2.56 bits per heavy atom. The van der Waals surface area contributed by atoms with Crippen LogP contribution < -0.4 is 10.2 Å². The fourth-order valence-electron chi connectivity index (χ4n) is 5.57. The minimum Gasteiger partial charge on any atom is -0.444 e. The quantitative estimate of drug-likeness (QED) is 0.630. The predicted octanol–water partition coefficient (Wildman–Crippen LogP) is 5.44. The Labute approximate surface area is 205 Å². The molecule has 1 spiro atoms. The van der Waals surface area contributed by atoms with E-state index in [1.807, 2.05) is 46.8 Å². The summed E-state index contributed by atoms with van der Waals surface area (Å²) >= 11 is 6.21. The first-order valence-electron chi connectivity index (χ1n) is 11.7. The summed E-state index contributed by atoms with van der Waals surface area (Å²) in [5, 5.41) is 4.18. The Morgan fingerprint density at radius 2 is 1.88 bits per heavy atom. The summed E-state index contributed by atoms with van der Waals surface area (Å²) in [4.78, 5) is 33.4. The van der Waals surface area contributed by atoms with Gasteiger partial charge in [0.25, 0.3) is 5.91 Å². The Balaban J connectivity index is 1.22. The van der Waals surface area contributed by atoms with Crippen LogP contribution in [-0.2, 0) is 10.3 Å². The van der Waals surface area contributed by atoms with Crippen molar-refractivity contribution in [3.8, 4) is 0 Å². The zero-order chi connectivity index (χ0) is 24.5. The molecule has 7 nitrogen and oxygen atoms in total. The molecule has 1 aromatic carbocycles. The van der Waals surface area contributed by atoms with Crippen LogP contribution in [0.3, 0.4) is 0 Å². The Morgan fingerprint density at radius 1 is 1.18 bits per heavy atom. The summed E-state index contributed by atoms with van der Waals surface area (Å²) in [7, 11) is 0. The van der Waals surface area contributed by atoms with Gasteiger partial charge in [0.05, 0.1) is 29.3 Å². The summed E-state index contributed by atoms with van der Waals surface area (Å²) in [6.45, 7) is 11.2. The van der Waals surface area contributed by atoms with E-state index < -0.39 is 11.1 Å². The van der Waals surface area contributed by atoms with Crippen molar-refractivity contribution >= 4 is 35.0 Å². The molecule has 3 heterocycles. The number of pyridine rings is 1. The van der Waals surface area contributed by atoms with Crippen molar-refractivity contribution in [2.24, 2.45) is 5.41 Å². The van der Waals surface area contributed by atoms with Crippen LogP contribution in [0, 0.1) is 5.41 Å². The number of nitrogens with zero attached hydrogens (tertiary/aromatic N) is 3. The van der Waals surface area contributed by atoms with Gasteiger partial charge in [-0.2, -0.15) is 0 Å². The summed E-state index contributed by atoms with van der Waals surface area (Å²) < 4.78 is 5.47. The smallest absolute Gasteiger partial charge is 0.410 e. The highest BCUT2D eigenvalue weighted by Gasteiger charge is 2.54. The first-order chi connectivity index (χ1) is 15.9. The molecule has 1 aliphatic carbocycles. The highest BCUT2D eigenvalue weighted by atomic mass is 35.5. The van der Waals surface area contributed by atoms with Gasteiger partial charge in [-0.05, 0) is 77.3 Å². The average molecular weight is 483 g/mol. The van der Waals surface area contributed by atoms with Crippen LogP contribution in [0.5, 0.6) is 0 Å². The van der Waals surface area contributed by atoms with Gasteiger partial charge >= 0.3 is 6.09 Å². The van der Waals surface area contributed by atoms with Crippen LogP contribution in [0.15, 0.2) is 36.7 Å². The van der Waals surface area contributed by atoms with Crippen molar-refractivity contribution in [3.63, 3.8) is 0 Å². The maximum atomic E-state index is 13.2. The van der Waals surface area contributed by atoms with E-state index in [4.69, 9.17) is 16.3 Å². The molecule has 0 bridgehead atoms. The molecule has 5 rings (SSSR count). The molecule has 1 saturated heterocycles. The SMILES string of the molecule is CC(C)(C)OC(=O)N1CC2(CC(Nc3cncc(N4C(=O)c5ccc(Cl)cc5C4(C)C)c3)C2)C1. The lowest BCUT2D eigenvalue weighted by Crippen LogP contribution is -2.66. The fraction of sp³-hybridized carbons (Fsp3) is 0.500. The molecule has 2 aromatic rings. The standard InChI is InChI=1S/C26H31ClN4O3/c1-24(2,3)34-23(33)30-14-26(15-30)10-18(11-26)29-17-9-19(13-28-12-17)31-22(32)20-7-6-16(27)8-21(20)25(31,4)5/h6-9,12-13,18,29H,10-11,14-15H2,1-5H3. The van der Waals surface area contributed by atoms with E-state index in [0.29, 0.717) is 16.6 Å². The molecule has 1 aromatic heterocycles. The van der Waals surface area contributed by atoms with Crippen molar-refractivity contribution in [2.75, 3.05) is 23.3 Å². The number of carbonyl (C=O) groups excluding carboxylic acids is 2. The van der Waals surface area contributed by atoms with Crippen molar-refractivity contribution in [2.45, 2.75) is 64.6 Å². The molecule has 0 radical (unpaired) electrons. The third kappa shape index (κ3) is 3.90. The number of amides is 2. The predicted molar refractivity (Wildman–Crippen MR) is 132 cm³/mol. The number of halogens is 1. The summed E-state index contributed by atoms with van der Waals surface area (Å²) in [6.07, 6.45) is 5.28. The van der Waals surface area contributed by atoms with Gasteiger partial charge in [0.15, 0.2) is 0 Å². The largest absolute Gasteiger partial charge is 0.444 e. The van der Waals surface area contributed by atoms with Gasteiger partial charge < -0.3 is 15.0 Å². The molecular formula is C26H31ClN4O3. The highest BCUT2D eigenvalue weighted by Crippen LogP contribution is 2.50. The molecule has 1 N–H and O–H groups in total. The fourth-order valence-corrected chi connectivity index (χ4v) is 5.75. The average Bonchev–Trinajstić information content (AvgIpc) is 2.86. The van der Waals surface area contributed by atoms with Crippen LogP contribution >= 0.6 is 11.6 Å². The molecule has 0 unspecified atom stereocenters. The molecule has 1 saturated carbocycles. The first kappa shape index (κ1) is 23.0. The maximum absolute atomic E-state index is 13.2. The number of benzene rings is 1. The molecular weight excluding hydrogens is 452 g/mol. The number of hydrogen-bond donors (Lipinski definition) is 1. The van der Waals surface area contributed by atoms with E-state index in [0.717, 1.165) is 42.9 Å². The van der Waals surface area contributed by atoms with Crippen LogP contribution in [-0.4, -0.2) is 46.6 Å². The van der Waals surface area contributed by atoms with Gasteiger partial charge in [0.1, 0.15) is 5.60 Å². The lowest BCUT2D eigenvalue weighted by Gasteiger charge is -2.58. The first-order valence-corrected chi connectivity index (χ1v) is 12.1. The molecule has 3 aliphatic rings. The van der Waals surface area contributed by atoms with Crippen LogP contribution in [0.1, 0.15) is 63.4 Å². The van der Waals surface area contributed by atoms with Crippen molar-refractivity contribution in [1.29, 1.82) is 0 Å². The van der Waals surface area contributed by atoms with Crippen molar-refractivity contribution in [3.05, 3.63) is 52.8 Å². The Hall–Kier alpha value is -2.80. The number of likely N-dealkylation sites (tertiary alicyclic amines) is 1. The monoisotopic (exact) mass is 482 g/mol. The minimum atomic E-state index is -0.533. The van der Waals surface area contributed by atoms with Gasteiger partial charge in [0.2, 0.25) is 0 Å². The van der Waals surface area contributed by atoms with Crippen molar-refractivity contribution < 1.29 is 14.3 Å². The third-order valence-electron chi connectivity index (χ3n) is 7.05. The zero-order valence-corrected chi connectivity index (χ0v) is 21.1. The van der Waals surface area contributed by atoms with Crippen LogP contribution in [0.2, 0.25) is 5.02 Å². The van der Waals surface area contributed by atoms with E-state index in [1.54, 1.807) is 34.3 Å². The molecule has 180 valence electrons. The number of rotatable bonds is 3. The van der Waals surface area contributed by atoms with E-state index >= 15 is 0 Å². The van der Waals surface area contributed by atoms with E-state index in [2.05, 4.69) is 10.3 Å². The minimum absolute atomic E-state index is 0.0464. The Kier molecular flexibility index (Phi) is 5.13. The van der Waals surface area contributed by atoms with Gasteiger partial charge in [-0.1, -0.05) is 11.6 Å². The topological polar surface area (TPSA) is 74.8 Å². The van der Waals surface area contributed by atoms with E-state index in [9.17, 15) is 9.59 Å². The third-order valence-corrected chi connectivity index (χ3v) is 7.28. The molecule has 0 atom stereocenters. The van der Waals surface area contributed by atoms with Gasteiger partial charge in [0, 0.05) is 35.1 Å². The molecule has 2 amide bonds. The van der Waals surface area contributed by atoms with Crippen molar-refractivity contribution in [1.82, 2.24) is 9.88 Å². The van der Waals surface area contributed by atoms with Gasteiger partial charge in [-0.15, -0.1) is 0 Å². The van der Waals surface area contributed by atoms with E-state index in [-0.39, 0.29) is 17.4 Å².